The number of hydrogen-bond donors (Lipinski definition) is 2. The molecule has 2 aromatic rings. The normalized spacial score (nSPS) is 12.0. The number of aryl methyl sites for hydroxylation is 2. The monoisotopic (exact) mass is 273 g/mol. The third-order valence-electron chi connectivity index (χ3n) is 3.17. The van der Waals surface area contributed by atoms with E-state index in [1.165, 1.54) is 0 Å². The van der Waals surface area contributed by atoms with Gasteiger partial charge >= 0.3 is 0 Å². The van der Waals surface area contributed by atoms with Crippen molar-refractivity contribution in [3.63, 3.8) is 0 Å². The van der Waals surface area contributed by atoms with E-state index in [4.69, 9.17) is 4.42 Å². The Morgan fingerprint density at radius 2 is 2.10 bits per heavy atom. The topological polar surface area (TPSA) is 67.2 Å². The van der Waals surface area contributed by atoms with Crippen molar-refractivity contribution in [1.82, 2.24) is 10.3 Å². The SMILES string of the molecule is CNc1cc(C(=O)NC(C)c2cc(C)oc2C)ccn1. The van der Waals surface area contributed by atoms with Crippen LogP contribution in [-0.2, 0) is 0 Å². The molecule has 0 spiro atoms. The van der Waals surface area contributed by atoms with E-state index in [1.807, 2.05) is 26.8 Å². The molecule has 2 aromatic heterocycles. The van der Waals surface area contributed by atoms with Crippen LogP contribution >= 0.6 is 0 Å². The molecule has 1 amide bonds. The molecule has 2 rings (SSSR count). The molecule has 5 heteroatoms. The van der Waals surface area contributed by atoms with Crippen molar-refractivity contribution >= 4 is 11.7 Å². The highest BCUT2D eigenvalue weighted by atomic mass is 16.3. The van der Waals surface area contributed by atoms with E-state index < -0.39 is 0 Å². The number of nitrogens with one attached hydrogen (secondary N) is 2. The zero-order chi connectivity index (χ0) is 14.7. The molecule has 20 heavy (non-hydrogen) atoms. The van der Waals surface area contributed by atoms with E-state index in [9.17, 15) is 4.79 Å². The van der Waals surface area contributed by atoms with Gasteiger partial charge in [-0.15, -0.1) is 0 Å². The lowest BCUT2D eigenvalue weighted by Gasteiger charge is -2.13. The number of nitrogens with zero attached hydrogens (tertiary/aromatic N) is 1. The van der Waals surface area contributed by atoms with E-state index in [1.54, 1.807) is 25.4 Å². The Bertz CT molecular complexity index is 619. The molecule has 106 valence electrons. The summed E-state index contributed by atoms with van der Waals surface area (Å²) in [6, 6.07) is 5.25. The molecule has 5 nitrogen and oxygen atoms in total. The van der Waals surface area contributed by atoms with Crippen LogP contribution in [0.1, 0.15) is 40.4 Å². The van der Waals surface area contributed by atoms with Crippen molar-refractivity contribution < 1.29 is 9.21 Å². The van der Waals surface area contributed by atoms with Gasteiger partial charge in [0.1, 0.15) is 17.3 Å². The van der Waals surface area contributed by atoms with Crippen LogP contribution in [0.2, 0.25) is 0 Å². The number of rotatable bonds is 4. The fourth-order valence-corrected chi connectivity index (χ4v) is 2.15. The quantitative estimate of drug-likeness (QED) is 0.899. The molecule has 0 aromatic carbocycles. The Hall–Kier alpha value is -2.30. The summed E-state index contributed by atoms with van der Waals surface area (Å²) in [5.41, 5.74) is 1.58. The molecule has 0 aliphatic rings. The predicted molar refractivity (Wildman–Crippen MR) is 77.8 cm³/mol. The largest absolute Gasteiger partial charge is 0.466 e. The molecule has 0 fully saturated rings. The standard InChI is InChI=1S/C15H19N3O2/c1-9-7-13(11(3)20-9)10(2)18-15(19)12-5-6-17-14(8-12)16-4/h5-8,10H,1-4H3,(H,16,17)(H,18,19). The van der Waals surface area contributed by atoms with Gasteiger partial charge in [0.2, 0.25) is 0 Å². The van der Waals surface area contributed by atoms with Crippen molar-refractivity contribution in [2.75, 3.05) is 12.4 Å². The maximum atomic E-state index is 12.2. The molecule has 0 bridgehead atoms. The van der Waals surface area contributed by atoms with Gasteiger partial charge in [0.25, 0.3) is 5.91 Å². The molecule has 0 radical (unpaired) electrons. The summed E-state index contributed by atoms with van der Waals surface area (Å²) < 4.78 is 5.49. The highest BCUT2D eigenvalue weighted by Gasteiger charge is 2.16. The Labute approximate surface area is 118 Å². The fourth-order valence-electron chi connectivity index (χ4n) is 2.15. The van der Waals surface area contributed by atoms with Crippen LogP contribution in [0.15, 0.2) is 28.8 Å². The zero-order valence-corrected chi connectivity index (χ0v) is 12.2. The van der Waals surface area contributed by atoms with Gasteiger partial charge in [0.15, 0.2) is 0 Å². The lowest BCUT2D eigenvalue weighted by molar-refractivity contribution is 0.0939. The Morgan fingerprint density at radius 3 is 2.70 bits per heavy atom. The summed E-state index contributed by atoms with van der Waals surface area (Å²) >= 11 is 0. The van der Waals surface area contributed by atoms with Crippen LogP contribution in [0.5, 0.6) is 0 Å². The van der Waals surface area contributed by atoms with Crippen molar-refractivity contribution in [3.05, 3.63) is 47.0 Å². The summed E-state index contributed by atoms with van der Waals surface area (Å²) in [7, 11) is 1.77. The maximum Gasteiger partial charge on any atom is 0.251 e. The van der Waals surface area contributed by atoms with Gasteiger partial charge in [0, 0.05) is 24.4 Å². The van der Waals surface area contributed by atoms with Crippen LogP contribution < -0.4 is 10.6 Å². The first-order valence-electron chi connectivity index (χ1n) is 6.53. The molecule has 2 N–H and O–H groups in total. The summed E-state index contributed by atoms with van der Waals surface area (Å²) in [5, 5.41) is 5.88. The summed E-state index contributed by atoms with van der Waals surface area (Å²) in [6.07, 6.45) is 1.61. The smallest absolute Gasteiger partial charge is 0.251 e. The summed E-state index contributed by atoms with van der Waals surface area (Å²) in [4.78, 5) is 16.3. The van der Waals surface area contributed by atoms with Gasteiger partial charge < -0.3 is 15.1 Å². The van der Waals surface area contributed by atoms with Crippen LogP contribution in [0.4, 0.5) is 5.82 Å². The first-order valence-corrected chi connectivity index (χ1v) is 6.53. The number of anilines is 1. The van der Waals surface area contributed by atoms with Crippen LogP contribution in [0.25, 0.3) is 0 Å². The third kappa shape index (κ3) is 2.99. The van der Waals surface area contributed by atoms with Crippen LogP contribution in [-0.4, -0.2) is 17.9 Å². The number of carbonyl (C=O) groups excluding carboxylic acids is 1. The van der Waals surface area contributed by atoms with Gasteiger partial charge in [-0.3, -0.25) is 4.79 Å². The van der Waals surface area contributed by atoms with Crippen molar-refractivity contribution in [1.29, 1.82) is 0 Å². The third-order valence-corrected chi connectivity index (χ3v) is 3.17. The molecule has 2 heterocycles. The lowest BCUT2D eigenvalue weighted by Crippen LogP contribution is -2.26. The minimum absolute atomic E-state index is 0.105. The summed E-state index contributed by atoms with van der Waals surface area (Å²) in [5.74, 6) is 2.22. The van der Waals surface area contributed by atoms with Crippen molar-refractivity contribution in [2.24, 2.45) is 0 Å². The second-order valence-corrected chi connectivity index (χ2v) is 4.74. The average Bonchev–Trinajstić information content (AvgIpc) is 2.77. The van der Waals surface area contributed by atoms with E-state index in [0.717, 1.165) is 17.1 Å². The number of hydrogen-bond acceptors (Lipinski definition) is 4. The second kappa shape index (κ2) is 5.77. The molecule has 1 unspecified atom stereocenters. The van der Waals surface area contributed by atoms with Crippen molar-refractivity contribution in [2.45, 2.75) is 26.8 Å². The van der Waals surface area contributed by atoms with Gasteiger partial charge in [-0.1, -0.05) is 0 Å². The first kappa shape index (κ1) is 14.1. The zero-order valence-electron chi connectivity index (χ0n) is 12.2. The van der Waals surface area contributed by atoms with Gasteiger partial charge in [-0.2, -0.15) is 0 Å². The minimum atomic E-state index is -0.130. The van der Waals surface area contributed by atoms with E-state index in [-0.39, 0.29) is 11.9 Å². The Kier molecular flexibility index (Phi) is 4.08. The number of carbonyl (C=O) groups is 1. The predicted octanol–water partition coefficient (Wildman–Crippen LogP) is 2.82. The molecule has 0 aliphatic heterocycles. The fraction of sp³-hybridized carbons (Fsp3) is 0.333. The molecule has 1 atom stereocenters. The molecular formula is C15H19N3O2. The van der Waals surface area contributed by atoms with Gasteiger partial charge in [-0.25, -0.2) is 4.98 Å². The first-order chi connectivity index (χ1) is 9.51. The number of furan rings is 1. The second-order valence-electron chi connectivity index (χ2n) is 4.74. The number of pyridine rings is 1. The number of aromatic nitrogens is 1. The van der Waals surface area contributed by atoms with Crippen LogP contribution in [0.3, 0.4) is 0 Å². The highest BCUT2D eigenvalue weighted by Crippen LogP contribution is 2.21. The van der Waals surface area contributed by atoms with Crippen molar-refractivity contribution in [3.8, 4) is 0 Å². The lowest BCUT2D eigenvalue weighted by atomic mass is 10.1. The van der Waals surface area contributed by atoms with E-state index in [0.29, 0.717) is 11.4 Å². The Morgan fingerprint density at radius 1 is 1.35 bits per heavy atom. The van der Waals surface area contributed by atoms with Gasteiger partial charge in [-0.05, 0) is 39.0 Å². The highest BCUT2D eigenvalue weighted by molar-refractivity contribution is 5.95. The Balaban J connectivity index is 2.12. The minimum Gasteiger partial charge on any atom is -0.466 e. The van der Waals surface area contributed by atoms with Crippen LogP contribution in [0, 0.1) is 13.8 Å². The molecule has 0 saturated carbocycles. The molecule has 0 saturated heterocycles. The number of amides is 1. The van der Waals surface area contributed by atoms with Gasteiger partial charge in [0.05, 0.1) is 6.04 Å². The summed E-state index contributed by atoms with van der Waals surface area (Å²) in [6.45, 7) is 5.74. The average molecular weight is 273 g/mol. The molecule has 0 aliphatic carbocycles. The van der Waals surface area contributed by atoms with E-state index >= 15 is 0 Å². The molecular weight excluding hydrogens is 254 g/mol. The van der Waals surface area contributed by atoms with E-state index in [2.05, 4.69) is 15.6 Å². The maximum absolute atomic E-state index is 12.2.